The fraction of sp³-hybridized carbons (Fsp3) is 0.286. The maximum Gasteiger partial charge on any atom is 0.251 e. The summed E-state index contributed by atoms with van der Waals surface area (Å²) in [7, 11) is 3.23. The zero-order valence-corrected chi connectivity index (χ0v) is 20.5. The van der Waals surface area contributed by atoms with Crippen molar-refractivity contribution in [3.05, 3.63) is 71.8 Å². The van der Waals surface area contributed by atoms with Crippen molar-refractivity contribution in [1.29, 1.82) is 0 Å². The first kappa shape index (κ1) is 25.6. The van der Waals surface area contributed by atoms with Gasteiger partial charge in [-0.25, -0.2) is 0 Å². The standard InChI is InChI=1S/C28H33N3O4/c1-19-21(23-16-15-20(34-2)18-26(23)35-3)10-9-11-22(19)28(33)30-17-8-4-5-14-27(32)31-25-13-7-6-12-24(25)29/h6-7,9-13,15-16,18H,4-5,8,14,17,29H2,1-3H3,(H,30,33)(H,31,32). The number of nitrogens with one attached hydrogen (secondary N) is 2. The summed E-state index contributed by atoms with van der Waals surface area (Å²) in [6, 6.07) is 18.5. The quantitative estimate of drug-likeness (QED) is 0.262. The molecule has 7 nitrogen and oxygen atoms in total. The predicted octanol–water partition coefficient (Wildman–Crippen LogP) is 5.19. The molecule has 0 aliphatic heterocycles. The third kappa shape index (κ3) is 6.76. The van der Waals surface area contributed by atoms with Gasteiger partial charge in [0, 0.05) is 30.2 Å². The van der Waals surface area contributed by atoms with E-state index in [1.165, 1.54) is 0 Å². The number of amides is 2. The molecule has 0 unspecified atom stereocenters. The molecule has 0 fully saturated rings. The van der Waals surface area contributed by atoms with Gasteiger partial charge in [0.05, 0.1) is 25.6 Å². The highest BCUT2D eigenvalue weighted by Crippen LogP contribution is 2.35. The monoisotopic (exact) mass is 475 g/mol. The minimum absolute atomic E-state index is 0.0617. The van der Waals surface area contributed by atoms with Gasteiger partial charge in [-0.2, -0.15) is 0 Å². The van der Waals surface area contributed by atoms with Crippen LogP contribution < -0.4 is 25.8 Å². The second kappa shape index (κ2) is 12.5. The molecule has 7 heteroatoms. The largest absolute Gasteiger partial charge is 0.497 e. The third-order valence-corrected chi connectivity index (χ3v) is 5.88. The number of nitrogens with two attached hydrogens (primary N) is 1. The number of carbonyl (C=O) groups excluding carboxylic acids is 2. The normalized spacial score (nSPS) is 10.5. The first-order chi connectivity index (χ1) is 16.9. The van der Waals surface area contributed by atoms with Crippen molar-refractivity contribution in [2.45, 2.75) is 32.6 Å². The number of benzene rings is 3. The lowest BCUT2D eigenvalue weighted by Crippen LogP contribution is -2.25. The molecule has 3 aromatic carbocycles. The summed E-state index contributed by atoms with van der Waals surface area (Å²) in [6.45, 7) is 2.48. The van der Waals surface area contributed by atoms with Gasteiger partial charge in [0.2, 0.25) is 5.91 Å². The van der Waals surface area contributed by atoms with Crippen molar-refractivity contribution in [1.82, 2.24) is 5.32 Å². The van der Waals surface area contributed by atoms with Crippen molar-refractivity contribution < 1.29 is 19.1 Å². The molecule has 0 atom stereocenters. The van der Waals surface area contributed by atoms with Gasteiger partial charge >= 0.3 is 0 Å². The summed E-state index contributed by atoms with van der Waals surface area (Å²) in [5, 5.41) is 5.82. The number of ether oxygens (including phenoxy) is 2. The highest BCUT2D eigenvalue weighted by molar-refractivity contribution is 5.98. The van der Waals surface area contributed by atoms with Gasteiger partial charge in [-0.3, -0.25) is 9.59 Å². The summed E-state index contributed by atoms with van der Waals surface area (Å²) < 4.78 is 10.8. The van der Waals surface area contributed by atoms with Gasteiger partial charge in [0.15, 0.2) is 0 Å². The lowest BCUT2D eigenvalue weighted by molar-refractivity contribution is -0.116. The second-order valence-corrected chi connectivity index (χ2v) is 8.25. The van der Waals surface area contributed by atoms with E-state index in [-0.39, 0.29) is 11.8 Å². The first-order valence-corrected chi connectivity index (χ1v) is 11.7. The molecule has 0 aliphatic carbocycles. The van der Waals surface area contributed by atoms with E-state index < -0.39 is 0 Å². The Bertz CT molecular complexity index is 1180. The van der Waals surface area contributed by atoms with Crippen molar-refractivity contribution in [3.8, 4) is 22.6 Å². The van der Waals surface area contributed by atoms with Crippen LogP contribution in [-0.4, -0.2) is 32.6 Å². The van der Waals surface area contributed by atoms with E-state index in [0.29, 0.717) is 41.4 Å². The Labute approximate surface area is 206 Å². The van der Waals surface area contributed by atoms with Crippen LogP contribution in [0.1, 0.15) is 41.6 Å². The molecule has 35 heavy (non-hydrogen) atoms. The van der Waals surface area contributed by atoms with E-state index in [2.05, 4.69) is 10.6 Å². The van der Waals surface area contributed by atoms with E-state index in [4.69, 9.17) is 15.2 Å². The Kier molecular flexibility index (Phi) is 9.12. The molecule has 0 radical (unpaired) electrons. The maximum atomic E-state index is 12.8. The molecule has 0 saturated heterocycles. The molecule has 0 heterocycles. The van der Waals surface area contributed by atoms with E-state index in [9.17, 15) is 9.59 Å². The first-order valence-electron chi connectivity index (χ1n) is 11.7. The van der Waals surface area contributed by atoms with Crippen LogP contribution in [0.3, 0.4) is 0 Å². The lowest BCUT2D eigenvalue weighted by atomic mass is 9.95. The van der Waals surface area contributed by atoms with Crippen LogP contribution in [0.25, 0.3) is 11.1 Å². The van der Waals surface area contributed by atoms with E-state index in [0.717, 1.165) is 36.0 Å². The maximum absolute atomic E-state index is 12.8. The van der Waals surface area contributed by atoms with Gasteiger partial charge < -0.3 is 25.8 Å². The van der Waals surface area contributed by atoms with Crippen molar-refractivity contribution in [2.75, 3.05) is 31.8 Å². The van der Waals surface area contributed by atoms with Crippen LogP contribution in [0.4, 0.5) is 11.4 Å². The molecule has 0 saturated carbocycles. The van der Waals surface area contributed by atoms with Crippen LogP contribution in [0, 0.1) is 6.92 Å². The number of para-hydroxylation sites is 2. The number of carbonyl (C=O) groups is 2. The van der Waals surface area contributed by atoms with Gasteiger partial charge in [-0.15, -0.1) is 0 Å². The van der Waals surface area contributed by atoms with E-state index >= 15 is 0 Å². The molecule has 3 rings (SSSR count). The second-order valence-electron chi connectivity index (χ2n) is 8.25. The number of unbranched alkanes of at least 4 members (excludes halogenated alkanes) is 2. The van der Waals surface area contributed by atoms with E-state index in [1.54, 1.807) is 26.4 Å². The van der Waals surface area contributed by atoms with Crippen LogP contribution >= 0.6 is 0 Å². The molecular weight excluding hydrogens is 442 g/mol. The number of anilines is 2. The fourth-order valence-corrected chi connectivity index (χ4v) is 3.90. The van der Waals surface area contributed by atoms with Crippen LogP contribution in [0.15, 0.2) is 60.7 Å². The molecule has 0 bridgehead atoms. The van der Waals surface area contributed by atoms with Crippen LogP contribution in [0.2, 0.25) is 0 Å². The molecule has 0 aromatic heterocycles. The zero-order valence-electron chi connectivity index (χ0n) is 20.5. The minimum Gasteiger partial charge on any atom is -0.497 e. The Hall–Kier alpha value is -4.00. The summed E-state index contributed by atoms with van der Waals surface area (Å²) in [5.41, 5.74) is 10.4. The lowest BCUT2D eigenvalue weighted by Gasteiger charge is -2.15. The molecule has 0 spiro atoms. The van der Waals surface area contributed by atoms with Gasteiger partial charge in [-0.1, -0.05) is 30.7 Å². The molecular formula is C28H33N3O4. The number of nitrogen functional groups attached to an aromatic ring is 1. The number of methoxy groups -OCH3 is 2. The molecule has 0 aliphatic rings. The molecule has 2 amide bonds. The fourth-order valence-electron chi connectivity index (χ4n) is 3.90. The topological polar surface area (TPSA) is 103 Å². The average Bonchev–Trinajstić information content (AvgIpc) is 2.87. The molecule has 3 aromatic rings. The van der Waals surface area contributed by atoms with Gasteiger partial charge in [0.25, 0.3) is 5.91 Å². The van der Waals surface area contributed by atoms with Crippen LogP contribution in [-0.2, 0) is 4.79 Å². The average molecular weight is 476 g/mol. The zero-order chi connectivity index (χ0) is 25.2. The van der Waals surface area contributed by atoms with Gasteiger partial charge in [0.1, 0.15) is 11.5 Å². The van der Waals surface area contributed by atoms with Crippen molar-refractivity contribution in [2.24, 2.45) is 0 Å². The van der Waals surface area contributed by atoms with Crippen LogP contribution in [0.5, 0.6) is 11.5 Å². The highest BCUT2D eigenvalue weighted by Gasteiger charge is 2.15. The van der Waals surface area contributed by atoms with E-state index in [1.807, 2.05) is 55.5 Å². The Morgan fingerprint density at radius 1 is 0.886 bits per heavy atom. The minimum atomic E-state index is -0.117. The summed E-state index contributed by atoms with van der Waals surface area (Å²) in [5.74, 6) is 1.21. The number of hydrogen-bond acceptors (Lipinski definition) is 5. The highest BCUT2D eigenvalue weighted by atomic mass is 16.5. The summed E-state index contributed by atoms with van der Waals surface area (Å²) in [6.07, 6.45) is 2.77. The smallest absolute Gasteiger partial charge is 0.251 e. The Morgan fingerprint density at radius 2 is 1.69 bits per heavy atom. The third-order valence-electron chi connectivity index (χ3n) is 5.88. The molecule has 4 N–H and O–H groups in total. The SMILES string of the molecule is COc1ccc(-c2cccc(C(=O)NCCCCCC(=O)Nc3ccccc3N)c2C)c(OC)c1. The Balaban J connectivity index is 1.49. The van der Waals surface area contributed by atoms with Crippen molar-refractivity contribution in [3.63, 3.8) is 0 Å². The summed E-state index contributed by atoms with van der Waals surface area (Å²) >= 11 is 0. The molecule has 184 valence electrons. The Morgan fingerprint density at radius 3 is 2.43 bits per heavy atom. The predicted molar refractivity (Wildman–Crippen MR) is 140 cm³/mol. The summed E-state index contributed by atoms with van der Waals surface area (Å²) in [4.78, 5) is 24.9. The number of hydrogen-bond donors (Lipinski definition) is 3. The number of rotatable bonds is 11. The van der Waals surface area contributed by atoms with Gasteiger partial charge in [-0.05, 0) is 61.2 Å². The van der Waals surface area contributed by atoms with Crippen molar-refractivity contribution >= 4 is 23.2 Å².